The van der Waals surface area contributed by atoms with Crippen LogP contribution in [-0.4, -0.2) is 49.9 Å². The Morgan fingerprint density at radius 1 is 0.441 bits per heavy atom. The van der Waals surface area contributed by atoms with E-state index in [2.05, 4.69) is 50.3 Å². The maximum Gasteiger partial charge on any atom is 0.472 e. The van der Waals surface area contributed by atoms with Crippen molar-refractivity contribution in [2.75, 3.05) is 33.0 Å². The Labute approximate surface area is 422 Å². The fraction of sp³-hybridized carbons (Fsp3) is 0.881. The van der Waals surface area contributed by atoms with Gasteiger partial charge in [-0.3, -0.25) is 13.8 Å². The van der Waals surface area contributed by atoms with Crippen LogP contribution in [-0.2, 0) is 27.9 Å². The van der Waals surface area contributed by atoms with Crippen LogP contribution in [0.15, 0.2) is 36.5 Å². The van der Waals surface area contributed by atoms with E-state index in [4.69, 9.17) is 24.3 Å². The summed E-state index contributed by atoms with van der Waals surface area (Å²) in [7, 11) is -4.29. The molecule has 0 heterocycles. The number of rotatable bonds is 57. The molecule has 0 aliphatic rings. The molecule has 0 radical (unpaired) electrons. The number of phosphoric acid groups is 1. The number of hydrogen-bond donors (Lipinski definition) is 2. The normalized spacial score (nSPS) is 13.4. The lowest BCUT2D eigenvalue weighted by Gasteiger charge is -2.20. The van der Waals surface area contributed by atoms with E-state index in [0.717, 1.165) is 44.9 Å². The first-order valence-corrected chi connectivity index (χ1v) is 31.0. The molecule has 0 bridgehead atoms. The molecule has 3 N–H and O–H groups in total. The summed E-state index contributed by atoms with van der Waals surface area (Å²) in [6, 6.07) is 0. The quantitative estimate of drug-likeness (QED) is 0.0268. The summed E-state index contributed by atoms with van der Waals surface area (Å²) >= 11 is 0. The zero-order chi connectivity index (χ0) is 49.4. The molecule has 2 atom stereocenters. The Morgan fingerprint density at radius 2 is 0.779 bits per heavy atom. The molecular weight excluding hydrogens is 866 g/mol. The Morgan fingerprint density at radius 3 is 1.16 bits per heavy atom. The molecule has 0 saturated heterocycles. The number of ether oxygens (including phenoxy) is 2. The number of phosphoric ester groups is 1. The summed E-state index contributed by atoms with van der Waals surface area (Å²) in [4.78, 5) is 22.7. The third kappa shape index (κ3) is 55.6. The Kier molecular flexibility index (Phi) is 55.6. The average Bonchev–Trinajstić information content (AvgIpc) is 3.33. The number of carbonyl (C=O) groups is 1. The molecule has 0 rings (SSSR count). The van der Waals surface area contributed by atoms with Gasteiger partial charge in [-0.25, -0.2) is 4.57 Å². The second-order valence-corrected chi connectivity index (χ2v) is 21.3. The van der Waals surface area contributed by atoms with Gasteiger partial charge in [-0.1, -0.05) is 275 Å². The van der Waals surface area contributed by atoms with E-state index >= 15 is 0 Å². The summed E-state index contributed by atoms with van der Waals surface area (Å²) in [6.07, 6.45) is 69.2. The predicted molar refractivity (Wildman–Crippen MR) is 293 cm³/mol. The first-order valence-electron chi connectivity index (χ1n) is 29.5. The van der Waals surface area contributed by atoms with Crippen LogP contribution >= 0.6 is 7.82 Å². The highest BCUT2D eigenvalue weighted by atomic mass is 31.2. The van der Waals surface area contributed by atoms with Crippen molar-refractivity contribution in [2.45, 2.75) is 302 Å². The minimum Gasteiger partial charge on any atom is -0.457 e. The molecule has 0 aliphatic heterocycles. The highest BCUT2D eigenvalue weighted by Gasteiger charge is 2.25. The minimum absolute atomic E-state index is 0.0950. The maximum absolute atomic E-state index is 12.7. The van der Waals surface area contributed by atoms with Crippen molar-refractivity contribution in [3.05, 3.63) is 36.5 Å². The monoisotopic (exact) mass is 980 g/mol. The average molecular weight is 981 g/mol. The number of allylic oxidation sites excluding steroid dienone is 6. The van der Waals surface area contributed by atoms with Crippen LogP contribution < -0.4 is 5.73 Å². The van der Waals surface area contributed by atoms with Crippen molar-refractivity contribution in [3.63, 3.8) is 0 Å². The molecular formula is C59H114NO7P. The van der Waals surface area contributed by atoms with Gasteiger partial charge in [0.1, 0.15) is 6.10 Å². The van der Waals surface area contributed by atoms with E-state index in [0.29, 0.717) is 13.0 Å². The zero-order valence-corrected chi connectivity index (χ0v) is 46.0. The lowest BCUT2D eigenvalue weighted by atomic mass is 10.0. The number of nitrogens with two attached hydrogens (primary N) is 1. The van der Waals surface area contributed by atoms with Crippen molar-refractivity contribution in [1.29, 1.82) is 0 Å². The summed E-state index contributed by atoms with van der Waals surface area (Å²) in [5.74, 6) is -0.325. The molecule has 402 valence electrons. The van der Waals surface area contributed by atoms with Gasteiger partial charge < -0.3 is 20.1 Å². The van der Waals surface area contributed by atoms with Crippen LogP contribution in [0.1, 0.15) is 296 Å². The summed E-state index contributed by atoms with van der Waals surface area (Å²) < 4.78 is 33.7. The fourth-order valence-corrected chi connectivity index (χ4v) is 9.48. The summed E-state index contributed by atoms with van der Waals surface area (Å²) in [6.45, 7) is 4.96. The number of hydrogen-bond acceptors (Lipinski definition) is 7. The van der Waals surface area contributed by atoms with Gasteiger partial charge >= 0.3 is 13.8 Å². The lowest BCUT2D eigenvalue weighted by molar-refractivity contribution is -0.154. The SMILES string of the molecule is CCCCCCC/C=C\C/C=C\C/C=C\CCCCCCCCCCCOCC(COP(=O)(O)OCCN)OC(=O)CCCCCCCCCCCCCCCCCCCCCCCCCCC. The van der Waals surface area contributed by atoms with Crippen molar-refractivity contribution < 1.29 is 32.8 Å². The largest absolute Gasteiger partial charge is 0.472 e. The van der Waals surface area contributed by atoms with E-state index in [1.54, 1.807) is 0 Å². The van der Waals surface area contributed by atoms with Gasteiger partial charge in [0.2, 0.25) is 0 Å². The number of esters is 1. The molecule has 2 unspecified atom stereocenters. The van der Waals surface area contributed by atoms with Crippen molar-refractivity contribution in [3.8, 4) is 0 Å². The minimum atomic E-state index is -4.29. The molecule has 0 aromatic heterocycles. The summed E-state index contributed by atoms with van der Waals surface area (Å²) in [5.41, 5.74) is 5.41. The fourth-order valence-electron chi connectivity index (χ4n) is 8.71. The number of unbranched alkanes of at least 4 members (excludes halogenated alkanes) is 38. The molecule has 0 aromatic rings. The lowest BCUT2D eigenvalue weighted by Crippen LogP contribution is -2.28. The van der Waals surface area contributed by atoms with Crippen molar-refractivity contribution >= 4 is 13.8 Å². The topological polar surface area (TPSA) is 117 Å². The molecule has 0 spiro atoms. The Balaban J connectivity index is 3.86. The third-order valence-electron chi connectivity index (χ3n) is 13.1. The predicted octanol–water partition coefficient (Wildman–Crippen LogP) is 18.9. The second-order valence-electron chi connectivity index (χ2n) is 19.9. The van der Waals surface area contributed by atoms with Gasteiger partial charge in [0.05, 0.1) is 19.8 Å². The first-order chi connectivity index (χ1) is 33.4. The van der Waals surface area contributed by atoms with Gasteiger partial charge in [0.15, 0.2) is 0 Å². The second kappa shape index (κ2) is 56.6. The van der Waals surface area contributed by atoms with Gasteiger partial charge in [-0.05, 0) is 51.4 Å². The molecule has 68 heavy (non-hydrogen) atoms. The van der Waals surface area contributed by atoms with Gasteiger partial charge in [-0.2, -0.15) is 0 Å². The van der Waals surface area contributed by atoms with Crippen LogP contribution in [0.3, 0.4) is 0 Å². The van der Waals surface area contributed by atoms with Gasteiger partial charge in [-0.15, -0.1) is 0 Å². The van der Waals surface area contributed by atoms with Crippen LogP contribution in [0, 0.1) is 0 Å². The van der Waals surface area contributed by atoms with E-state index in [-0.39, 0.29) is 32.3 Å². The maximum atomic E-state index is 12.7. The molecule has 0 amide bonds. The molecule has 0 saturated carbocycles. The van der Waals surface area contributed by atoms with Crippen LogP contribution in [0.4, 0.5) is 0 Å². The van der Waals surface area contributed by atoms with Crippen LogP contribution in [0.25, 0.3) is 0 Å². The van der Waals surface area contributed by atoms with E-state index in [1.165, 1.54) is 231 Å². The molecule has 0 aliphatic carbocycles. The van der Waals surface area contributed by atoms with Crippen molar-refractivity contribution in [2.24, 2.45) is 5.73 Å². The number of carbonyl (C=O) groups excluding carboxylic acids is 1. The first kappa shape index (κ1) is 66.7. The van der Waals surface area contributed by atoms with E-state index in [1.807, 2.05) is 0 Å². The van der Waals surface area contributed by atoms with E-state index < -0.39 is 13.9 Å². The van der Waals surface area contributed by atoms with Gasteiger partial charge in [0.25, 0.3) is 0 Å². The molecule has 9 heteroatoms. The standard InChI is InChI=1S/C59H114NO7P/c1-3-5-7-9-11-13-15-17-19-21-23-25-27-29-30-32-34-36-38-40-42-44-46-48-50-52-59(61)67-58(57-66-68(62,63)65-55-53-60)56-64-54-51-49-47-45-43-41-39-37-35-33-31-28-26-24-22-20-18-16-14-12-10-8-6-4-2/h16,18,22,24,28,31,58H,3-15,17,19-21,23,25-27,29-30,32-57,60H2,1-2H3,(H,62,63)/b18-16-,24-22-,31-28-. The molecule has 0 fully saturated rings. The highest BCUT2D eigenvalue weighted by Crippen LogP contribution is 2.43. The van der Waals surface area contributed by atoms with Gasteiger partial charge in [0, 0.05) is 19.6 Å². The van der Waals surface area contributed by atoms with Crippen LogP contribution in [0.5, 0.6) is 0 Å². The Bertz CT molecular complexity index is 1150. The zero-order valence-electron chi connectivity index (χ0n) is 45.1. The molecule has 0 aromatic carbocycles. The van der Waals surface area contributed by atoms with Crippen LogP contribution in [0.2, 0.25) is 0 Å². The van der Waals surface area contributed by atoms with E-state index in [9.17, 15) is 14.3 Å². The van der Waals surface area contributed by atoms with Crippen molar-refractivity contribution in [1.82, 2.24) is 0 Å². The molecule has 8 nitrogen and oxygen atoms in total. The highest BCUT2D eigenvalue weighted by molar-refractivity contribution is 7.47. The third-order valence-corrected chi connectivity index (χ3v) is 14.0. The smallest absolute Gasteiger partial charge is 0.457 e. The summed E-state index contributed by atoms with van der Waals surface area (Å²) in [5, 5.41) is 0. The Hall–Kier alpha value is -1.28.